The van der Waals surface area contributed by atoms with E-state index in [4.69, 9.17) is 29.9 Å². The van der Waals surface area contributed by atoms with Crippen molar-refractivity contribution in [3.8, 4) is 34.1 Å². The zero-order valence-corrected chi connectivity index (χ0v) is 47.0. The predicted octanol–water partition coefficient (Wildman–Crippen LogP) is 8.67. The lowest BCUT2D eigenvalue weighted by molar-refractivity contribution is -0.143. The molecule has 0 unspecified atom stereocenters. The van der Waals surface area contributed by atoms with Crippen LogP contribution in [0.15, 0.2) is 96.5 Å². The number of piperazine rings is 1. The zero-order valence-electron chi connectivity index (χ0n) is 47.0. The summed E-state index contributed by atoms with van der Waals surface area (Å²) in [6.45, 7) is 14.9. The third-order valence-corrected chi connectivity index (χ3v) is 16.8. The molecule has 82 heavy (non-hydrogen) atoms. The van der Waals surface area contributed by atoms with E-state index in [2.05, 4.69) is 48.6 Å². The van der Waals surface area contributed by atoms with Gasteiger partial charge in [0.15, 0.2) is 5.75 Å². The Morgan fingerprint density at radius 1 is 1.00 bits per heavy atom. The van der Waals surface area contributed by atoms with Crippen molar-refractivity contribution in [2.24, 2.45) is 16.8 Å². The molecule has 0 spiro atoms. The van der Waals surface area contributed by atoms with Gasteiger partial charge in [-0.15, -0.1) is 0 Å². The van der Waals surface area contributed by atoms with Crippen LogP contribution in [0.2, 0.25) is 0 Å². The van der Waals surface area contributed by atoms with Crippen LogP contribution in [-0.4, -0.2) is 128 Å². The number of amides is 2. The number of nitrogens with zero attached hydrogens (tertiary/aromatic N) is 8. The van der Waals surface area contributed by atoms with Crippen molar-refractivity contribution in [2.45, 2.75) is 122 Å². The summed E-state index contributed by atoms with van der Waals surface area (Å²) in [6, 6.07) is 19.2. The highest BCUT2D eigenvalue weighted by Gasteiger charge is 2.43. The molecule has 3 aliphatic heterocycles. The van der Waals surface area contributed by atoms with Crippen molar-refractivity contribution in [2.75, 3.05) is 38.3 Å². The lowest BCUT2D eigenvalue weighted by atomic mass is 9.88. The first-order valence-electron chi connectivity index (χ1n) is 28.2. The number of benzene rings is 4. The quantitative estimate of drug-likeness (QED) is 0.0336. The molecule has 11 rings (SSSR count). The van der Waals surface area contributed by atoms with Gasteiger partial charge in [-0.2, -0.15) is 20.2 Å². The number of aliphatic hydroxyl groups excluding tert-OH is 1. The summed E-state index contributed by atoms with van der Waals surface area (Å²) in [7, 11) is 1.64. The number of aliphatic hydroxyl groups is 1. The van der Waals surface area contributed by atoms with Gasteiger partial charge < -0.3 is 45.5 Å². The SMILES string of the molecule is C=NN(/C=C(\N)c1ccc(COc2c(-c3c(C)c(F)cc4[nH]ncc34)c(C3CC3)cc3c(N4C[C@@H]5C[C@H]4CN5)nc(O[C@H](C)[C@@H](C)OC)nc23)cc1)[C@H](C(=O)N1CCC[C@H]1C(=O)N[C@@H](CO)c1ccc(-c2ncccc2F)cc1)C(C)C. The largest absolute Gasteiger partial charge is 0.486 e. The zero-order chi connectivity index (χ0) is 57.5. The van der Waals surface area contributed by atoms with Crippen molar-refractivity contribution in [3.63, 3.8) is 0 Å². The van der Waals surface area contributed by atoms with E-state index in [1.807, 2.05) is 52.0 Å². The number of fused-ring (bicyclic) bond motifs is 4. The number of hydrogen-bond acceptors (Lipinski definition) is 15. The van der Waals surface area contributed by atoms with Gasteiger partial charge >= 0.3 is 6.01 Å². The van der Waals surface area contributed by atoms with Crippen LogP contribution in [0.4, 0.5) is 14.6 Å². The average Bonchev–Trinajstić information content (AvgIpc) is 2.44. The van der Waals surface area contributed by atoms with Crippen molar-refractivity contribution >= 4 is 51.9 Å². The number of nitrogens with one attached hydrogen (secondary N) is 3. The molecule has 1 aliphatic carbocycles. The molecule has 4 fully saturated rings. The fourth-order valence-electron chi connectivity index (χ4n) is 11.9. The number of anilines is 1. The summed E-state index contributed by atoms with van der Waals surface area (Å²) in [6.07, 6.45) is 8.11. The number of likely N-dealkylation sites (tertiary alicyclic amines) is 1. The van der Waals surface area contributed by atoms with Crippen molar-refractivity contribution < 1.29 is 37.7 Å². The molecule has 7 atom stereocenters. The minimum absolute atomic E-state index is 0.0986. The topological polar surface area (TPSA) is 222 Å². The summed E-state index contributed by atoms with van der Waals surface area (Å²) in [4.78, 5) is 47.0. The number of rotatable bonds is 21. The van der Waals surface area contributed by atoms with Gasteiger partial charge in [-0.3, -0.25) is 24.7 Å². The van der Waals surface area contributed by atoms with Gasteiger partial charge in [0.25, 0.3) is 0 Å². The maximum Gasteiger partial charge on any atom is 0.319 e. The first-order chi connectivity index (χ1) is 39.6. The summed E-state index contributed by atoms with van der Waals surface area (Å²) < 4.78 is 49.9. The number of hydrogen-bond donors (Lipinski definition) is 5. The number of aromatic amines is 1. The van der Waals surface area contributed by atoms with Gasteiger partial charge in [0.05, 0.1) is 36.2 Å². The molecule has 2 amide bonds. The first-order valence-corrected chi connectivity index (χ1v) is 28.2. The van der Waals surface area contributed by atoms with E-state index in [0.29, 0.717) is 75.7 Å². The van der Waals surface area contributed by atoms with Gasteiger partial charge in [-0.05, 0) is 117 Å². The van der Waals surface area contributed by atoms with Crippen molar-refractivity contribution in [3.05, 3.63) is 131 Å². The van der Waals surface area contributed by atoms with Crippen LogP contribution in [0.5, 0.6) is 11.8 Å². The standard InChI is InChI=1S/C62H70F2N12O6/c1-33(2)57(61(79)74-23-9-11-52(74)60(78)70-51(31-77)40-18-20-41(21-19-40)55-47(63)10-8-22-67-55)76(66-6)30-49(65)39-14-12-37(13-15-39)32-81-58-54(53-34(3)48(64)26-50-46(53)28-69-73-50)44(38-16-17-38)25-45-56(58)71-62(82-36(5)35(4)80-7)72-59(45)75-29-42-24-43(75)27-68-42/h8,10,12-15,18-22,25-26,28,30,33,35-36,38,42-43,51-52,57,68,77H,6,9,11,16-17,23-24,27,29,31-32,65H2,1-5,7H3,(H,69,73)(H,70,78)/b49-30-/t35-,36-,42+,43+,51+,52+,57+/m1/s1. The minimum atomic E-state index is -0.871. The maximum atomic E-state index is 16.1. The smallest absolute Gasteiger partial charge is 0.319 e. The number of halogens is 2. The number of pyridine rings is 1. The Morgan fingerprint density at radius 2 is 1.78 bits per heavy atom. The molecular weight excluding hydrogens is 1050 g/mol. The van der Waals surface area contributed by atoms with Crippen molar-refractivity contribution in [1.82, 2.24) is 45.7 Å². The molecule has 4 aromatic carbocycles. The van der Waals surface area contributed by atoms with Crippen LogP contribution in [0.3, 0.4) is 0 Å². The van der Waals surface area contributed by atoms with Crippen LogP contribution in [0.25, 0.3) is 49.9 Å². The second-order valence-electron chi connectivity index (χ2n) is 22.4. The Labute approximate surface area is 475 Å². The molecule has 428 valence electrons. The van der Waals surface area contributed by atoms with E-state index in [9.17, 15) is 19.1 Å². The molecular formula is C62H70F2N12O6. The van der Waals surface area contributed by atoms with Crippen LogP contribution in [0.1, 0.15) is 99.6 Å². The Morgan fingerprint density at radius 3 is 2.45 bits per heavy atom. The van der Waals surface area contributed by atoms with Gasteiger partial charge in [0.2, 0.25) is 11.8 Å². The number of carbonyl (C=O) groups excluding carboxylic acids is 2. The van der Waals surface area contributed by atoms with Crippen LogP contribution >= 0.6 is 0 Å². The number of hydrazone groups is 1. The number of ether oxygens (including phenoxy) is 3. The van der Waals surface area contributed by atoms with Gasteiger partial charge in [0.1, 0.15) is 53.5 Å². The average molecular weight is 1120 g/mol. The number of aromatic nitrogens is 5. The molecule has 4 aliphatic rings. The number of H-pyrrole nitrogens is 1. The van der Waals surface area contributed by atoms with Gasteiger partial charge in [0, 0.05) is 85.4 Å². The van der Waals surface area contributed by atoms with Gasteiger partial charge in [-0.1, -0.05) is 62.4 Å². The number of carbonyl (C=O) groups is 2. The summed E-state index contributed by atoms with van der Waals surface area (Å²) in [5, 5.41) is 31.6. The third kappa shape index (κ3) is 10.9. The maximum absolute atomic E-state index is 16.1. The fraction of sp³-hybridized carbons (Fsp3) is 0.403. The second kappa shape index (κ2) is 23.4. The molecule has 0 radical (unpaired) electrons. The lowest BCUT2D eigenvalue weighted by Gasteiger charge is -2.34. The molecule has 20 heteroatoms. The van der Waals surface area contributed by atoms with E-state index in [0.717, 1.165) is 65.6 Å². The molecule has 6 heterocycles. The summed E-state index contributed by atoms with van der Waals surface area (Å²) in [5.74, 6) is -0.405. The Hall–Kier alpha value is -8.07. The van der Waals surface area contributed by atoms with Crippen molar-refractivity contribution in [1.29, 1.82) is 0 Å². The molecule has 3 saturated heterocycles. The molecule has 2 bridgehead atoms. The monoisotopic (exact) mass is 1120 g/mol. The van der Waals surface area contributed by atoms with E-state index in [1.165, 1.54) is 29.4 Å². The normalized spacial score (nSPS) is 19.4. The van der Waals surface area contributed by atoms with Crippen LogP contribution in [-0.2, 0) is 20.9 Å². The van der Waals surface area contributed by atoms with E-state index >= 15 is 4.39 Å². The lowest BCUT2D eigenvalue weighted by Crippen LogP contribution is -2.53. The highest BCUT2D eigenvalue weighted by Crippen LogP contribution is 2.53. The Balaban J connectivity index is 0.869. The minimum Gasteiger partial charge on any atom is -0.486 e. The Bertz CT molecular complexity index is 3560. The summed E-state index contributed by atoms with van der Waals surface area (Å²) in [5.41, 5.74) is 14.0. The number of nitrogens with two attached hydrogens (primary N) is 1. The molecule has 1 saturated carbocycles. The van der Waals surface area contributed by atoms with E-state index in [-0.39, 0.29) is 54.0 Å². The molecule has 3 aromatic heterocycles. The number of methoxy groups -OCH3 is 1. The molecule has 7 aromatic rings. The highest BCUT2D eigenvalue weighted by molar-refractivity contribution is 6.06. The molecule has 6 N–H and O–H groups in total. The Kier molecular flexibility index (Phi) is 15.9. The van der Waals surface area contributed by atoms with E-state index in [1.54, 1.807) is 55.6 Å². The third-order valence-electron chi connectivity index (χ3n) is 16.8. The fourth-order valence-corrected chi connectivity index (χ4v) is 11.9. The first kappa shape index (κ1) is 55.8. The van der Waals surface area contributed by atoms with Crippen LogP contribution < -0.4 is 30.7 Å². The van der Waals surface area contributed by atoms with E-state index < -0.39 is 42.6 Å². The van der Waals surface area contributed by atoms with Gasteiger partial charge in [-0.25, -0.2) is 8.78 Å². The second-order valence-corrected chi connectivity index (χ2v) is 22.4. The predicted molar refractivity (Wildman–Crippen MR) is 311 cm³/mol. The van der Waals surface area contributed by atoms with Crippen LogP contribution in [0, 0.1) is 24.5 Å². The molecule has 18 nitrogen and oxygen atoms in total. The summed E-state index contributed by atoms with van der Waals surface area (Å²) >= 11 is 0. The highest BCUT2D eigenvalue weighted by atomic mass is 19.1.